The fourth-order valence-electron chi connectivity index (χ4n) is 0. The number of alkyl halides is 1. The fraction of sp³-hybridized carbons (Fsp3) is 1.00. The van der Waals surface area contributed by atoms with Crippen molar-refractivity contribution in [2.75, 3.05) is 5.21 Å². The van der Waals surface area contributed by atoms with E-state index < -0.39 is 10.7 Å². The van der Waals surface area contributed by atoms with E-state index in [1.807, 2.05) is 0 Å². The summed E-state index contributed by atoms with van der Waals surface area (Å²) in [6.07, 6.45) is 0. The Kier molecular flexibility index (Phi) is 2.59. The maximum absolute atomic E-state index is 9.27. The Balaban J connectivity index is 3.23. The van der Waals surface area contributed by atoms with Gasteiger partial charge in [0.05, 0.1) is 0 Å². The molecule has 2 nitrogen and oxygen atoms in total. The summed E-state index contributed by atoms with van der Waals surface area (Å²) in [6.45, 7) is 0. The van der Waals surface area contributed by atoms with E-state index in [0.717, 1.165) is 0 Å². The third kappa shape index (κ3) is 4.24. The molecule has 0 rings (SSSR count). The van der Waals surface area contributed by atoms with Crippen molar-refractivity contribution in [1.82, 2.24) is 0 Å². The lowest BCUT2D eigenvalue weighted by Gasteiger charge is -1.57. The van der Waals surface area contributed by atoms with Crippen LogP contribution in [0.25, 0.3) is 0 Å². The first kappa shape index (κ1) is 5.24. The van der Waals surface area contributed by atoms with Crippen LogP contribution in [-0.4, -0.2) is 13.6 Å². The van der Waals surface area contributed by atoms with Gasteiger partial charge in [-0.2, -0.15) is 0 Å². The zero-order chi connectivity index (χ0) is 4.28. The van der Waals surface area contributed by atoms with E-state index in [4.69, 9.17) is 11.6 Å². The number of hydrogen-bond acceptors (Lipinski definition) is 2. The van der Waals surface area contributed by atoms with E-state index in [2.05, 4.69) is 0 Å². The van der Waals surface area contributed by atoms with Crippen LogP contribution in [0.4, 0.5) is 0 Å². The maximum Gasteiger partial charge on any atom is 0.154 e. The van der Waals surface area contributed by atoms with E-state index >= 15 is 0 Å². The van der Waals surface area contributed by atoms with Gasteiger partial charge >= 0.3 is 0 Å². The summed E-state index contributed by atoms with van der Waals surface area (Å²) in [7, 11) is -2.33. The van der Waals surface area contributed by atoms with Crippen molar-refractivity contribution in [3.63, 3.8) is 0 Å². The highest BCUT2D eigenvalue weighted by atomic mass is 35.5. The topological polar surface area (TPSA) is 34.1 Å². The molecule has 0 aliphatic carbocycles. The highest BCUT2D eigenvalue weighted by Crippen LogP contribution is 1.67. The van der Waals surface area contributed by atoms with Crippen LogP contribution in [0.2, 0.25) is 0 Å². The molecular weight excluding hydrogens is 112 g/mol. The second-order valence-corrected chi connectivity index (χ2v) is 2.07. The predicted octanol–water partition coefficient (Wildman–Crippen LogP) is -0.206. The van der Waals surface area contributed by atoms with Crippen LogP contribution in [-0.2, 0) is 10.7 Å². The smallest absolute Gasteiger partial charge is 0.154 e. The molecular formula is CH3ClO2S. The molecule has 0 atom stereocenters. The Hall–Kier alpha value is 0.240. The SMILES string of the molecule is O=[SH](=O)CCl. The molecule has 5 heavy (non-hydrogen) atoms. The monoisotopic (exact) mass is 114 g/mol. The molecule has 0 aliphatic heterocycles. The summed E-state index contributed by atoms with van der Waals surface area (Å²) in [5, 5.41) is -0.269. The number of hydrogen-bond donors (Lipinski definition) is 1. The van der Waals surface area contributed by atoms with Crippen molar-refractivity contribution in [3.05, 3.63) is 0 Å². The second-order valence-electron chi connectivity index (χ2n) is 0.452. The molecule has 0 aromatic heterocycles. The van der Waals surface area contributed by atoms with Gasteiger partial charge in [-0.3, -0.25) is 0 Å². The minimum Gasteiger partial charge on any atom is -0.231 e. The Morgan fingerprint density at radius 3 is 1.80 bits per heavy atom. The molecule has 4 heteroatoms. The fourth-order valence-corrected chi connectivity index (χ4v) is 0. The molecule has 0 spiro atoms. The van der Waals surface area contributed by atoms with Crippen LogP contribution in [0.1, 0.15) is 0 Å². The Labute approximate surface area is 36.7 Å². The summed E-state index contributed by atoms with van der Waals surface area (Å²) >= 11 is 4.74. The zero-order valence-corrected chi connectivity index (χ0v) is 4.00. The van der Waals surface area contributed by atoms with Crippen molar-refractivity contribution in [2.24, 2.45) is 0 Å². The molecule has 0 aliphatic rings. The lowest BCUT2D eigenvalue weighted by Crippen LogP contribution is -1.68. The van der Waals surface area contributed by atoms with Crippen molar-refractivity contribution in [2.45, 2.75) is 0 Å². The lowest BCUT2D eigenvalue weighted by atomic mass is 11.9. The first-order chi connectivity index (χ1) is 2.27. The summed E-state index contributed by atoms with van der Waals surface area (Å²) in [6, 6.07) is 0. The zero-order valence-electron chi connectivity index (χ0n) is 2.35. The van der Waals surface area contributed by atoms with E-state index in [1.165, 1.54) is 0 Å². The Morgan fingerprint density at radius 1 is 1.60 bits per heavy atom. The predicted molar refractivity (Wildman–Crippen MR) is 21.0 cm³/mol. The van der Waals surface area contributed by atoms with Gasteiger partial charge in [-0.1, -0.05) is 0 Å². The van der Waals surface area contributed by atoms with Crippen molar-refractivity contribution >= 4 is 22.3 Å². The van der Waals surface area contributed by atoms with Crippen molar-refractivity contribution < 1.29 is 8.42 Å². The lowest BCUT2D eigenvalue weighted by molar-refractivity contribution is 0.618. The average Bonchev–Trinajstić information content (AvgIpc) is 1.38. The number of thiol groups is 1. The van der Waals surface area contributed by atoms with E-state index in [1.54, 1.807) is 0 Å². The largest absolute Gasteiger partial charge is 0.231 e. The van der Waals surface area contributed by atoms with Gasteiger partial charge in [0.1, 0.15) is 5.21 Å². The van der Waals surface area contributed by atoms with Crippen LogP contribution in [0, 0.1) is 0 Å². The quantitative estimate of drug-likeness (QED) is 0.378. The van der Waals surface area contributed by atoms with Crippen molar-refractivity contribution in [3.8, 4) is 0 Å². The number of halogens is 1. The van der Waals surface area contributed by atoms with Crippen LogP contribution >= 0.6 is 11.6 Å². The van der Waals surface area contributed by atoms with Gasteiger partial charge in [-0.25, -0.2) is 8.42 Å². The molecule has 0 amide bonds. The summed E-state index contributed by atoms with van der Waals surface area (Å²) in [5.41, 5.74) is 0. The van der Waals surface area contributed by atoms with Gasteiger partial charge in [0.25, 0.3) is 0 Å². The number of rotatable bonds is 1. The molecule has 0 bridgehead atoms. The molecule has 0 unspecified atom stereocenters. The summed E-state index contributed by atoms with van der Waals surface area (Å²) in [5.74, 6) is 0. The van der Waals surface area contributed by atoms with E-state index in [-0.39, 0.29) is 5.21 Å². The molecule has 0 radical (unpaired) electrons. The third-order valence-corrected chi connectivity index (χ3v) is 0.878. The normalized spacial score (nSPS) is 9.20. The average molecular weight is 115 g/mol. The van der Waals surface area contributed by atoms with Crippen molar-refractivity contribution in [1.29, 1.82) is 0 Å². The second kappa shape index (κ2) is 2.48. The highest BCUT2D eigenvalue weighted by Gasteiger charge is 1.68. The van der Waals surface area contributed by atoms with Gasteiger partial charge in [-0.05, 0) is 0 Å². The third-order valence-electron chi connectivity index (χ3n) is 0.0976. The highest BCUT2D eigenvalue weighted by molar-refractivity contribution is 7.73. The first-order valence-electron chi connectivity index (χ1n) is 0.949. The Bertz CT molecular complexity index is 67.7. The molecule has 32 valence electrons. The van der Waals surface area contributed by atoms with Gasteiger partial charge < -0.3 is 0 Å². The molecule has 0 saturated carbocycles. The van der Waals surface area contributed by atoms with Gasteiger partial charge in [-0.15, -0.1) is 11.6 Å². The molecule has 0 fully saturated rings. The van der Waals surface area contributed by atoms with Crippen LogP contribution in [0.5, 0.6) is 0 Å². The summed E-state index contributed by atoms with van der Waals surface area (Å²) < 4.78 is 18.5. The minimum atomic E-state index is -2.33. The van der Waals surface area contributed by atoms with E-state index in [0.29, 0.717) is 0 Å². The van der Waals surface area contributed by atoms with Crippen LogP contribution in [0.15, 0.2) is 0 Å². The van der Waals surface area contributed by atoms with Crippen LogP contribution in [0.3, 0.4) is 0 Å². The van der Waals surface area contributed by atoms with Gasteiger partial charge in [0, 0.05) is 0 Å². The van der Waals surface area contributed by atoms with Gasteiger partial charge in [0.15, 0.2) is 10.7 Å². The standard InChI is InChI=1S/CH3ClO2S/c2-1-5(3)4/h5H,1H2. The van der Waals surface area contributed by atoms with Gasteiger partial charge in [0.2, 0.25) is 0 Å². The van der Waals surface area contributed by atoms with Crippen LogP contribution < -0.4 is 0 Å². The van der Waals surface area contributed by atoms with E-state index in [9.17, 15) is 8.42 Å². The molecule has 0 saturated heterocycles. The molecule has 0 aromatic rings. The first-order valence-corrected chi connectivity index (χ1v) is 2.85. The molecule has 0 heterocycles. The maximum atomic E-state index is 9.27. The molecule has 0 aromatic carbocycles. The Morgan fingerprint density at radius 2 is 1.80 bits per heavy atom. The molecule has 0 N–H and O–H groups in total. The summed E-state index contributed by atoms with van der Waals surface area (Å²) in [4.78, 5) is 0. The minimum absolute atomic E-state index is 0.269.